The first kappa shape index (κ1) is 16.3. The zero-order chi connectivity index (χ0) is 16.6. The number of amides is 1. The molecule has 6 heteroatoms. The fourth-order valence-corrected chi connectivity index (χ4v) is 3.82. The Morgan fingerprint density at radius 2 is 2.17 bits per heavy atom. The van der Waals surface area contributed by atoms with Crippen LogP contribution in [0.2, 0.25) is 0 Å². The number of aromatic nitrogens is 2. The molecule has 2 unspecified atom stereocenters. The van der Waals surface area contributed by atoms with E-state index in [1.165, 1.54) is 12.8 Å². The lowest BCUT2D eigenvalue weighted by molar-refractivity contribution is -0.123. The summed E-state index contributed by atoms with van der Waals surface area (Å²) < 4.78 is 7.33. The number of likely N-dealkylation sites (tertiary alicyclic amines) is 1. The number of carbonyl (C=O) groups excluding carboxylic acids is 1. The van der Waals surface area contributed by atoms with Gasteiger partial charge in [-0.25, -0.2) is 4.68 Å². The van der Waals surface area contributed by atoms with Crippen LogP contribution in [0.3, 0.4) is 0 Å². The highest BCUT2D eigenvalue weighted by atomic mass is 16.5. The molecule has 1 N–H and O–H groups in total. The molecule has 128 valence electrons. The SMILES string of the molecule is COc1c(C2CCCN2CC(=O)NC(C)C2CC2)c(C)nn1C. The van der Waals surface area contributed by atoms with E-state index in [0.29, 0.717) is 18.5 Å². The molecule has 0 bridgehead atoms. The lowest BCUT2D eigenvalue weighted by atomic mass is 10.0. The molecule has 0 radical (unpaired) electrons. The molecular formula is C17H28N4O2. The second-order valence-electron chi connectivity index (χ2n) is 6.95. The largest absolute Gasteiger partial charge is 0.481 e. The Morgan fingerprint density at radius 3 is 2.83 bits per heavy atom. The zero-order valence-electron chi connectivity index (χ0n) is 14.6. The fraction of sp³-hybridized carbons (Fsp3) is 0.765. The van der Waals surface area contributed by atoms with Gasteiger partial charge in [0, 0.05) is 19.1 Å². The molecule has 2 heterocycles. The average molecular weight is 320 g/mol. The maximum absolute atomic E-state index is 12.4. The summed E-state index contributed by atoms with van der Waals surface area (Å²) in [4.78, 5) is 14.6. The predicted octanol–water partition coefficient (Wildman–Crippen LogP) is 1.79. The van der Waals surface area contributed by atoms with Crippen LogP contribution in [-0.4, -0.2) is 46.8 Å². The number of methoxy groups -OCH3 is 1. The van der Waals surface area contributed by atoms with E-state index < -0.39 is 0 Å². The van der Waals surface area contributed by atoms with Gasteiger partial charge in [0.2, 0.25) is 11.8 Å². The van der Waals surface area contributed by atoms with Crippen LogP contribution in [0.5, 0.6) is 5.88 Å². The van der Waals surface area contributed by atoms with Crippen molar-refractivity contribution in [1.82, 2.24) is 20.0 Å². The van der Waals surface area contributed by atoms with E-state index in [-0.39, 0.29) is 11.9 Å². The Kier molecular flexibility index (Phi) is 4.62. The zero-order valence-corrected chi connectivity index (χ0v) is 14.6. The first-order chi connectivity index (χ1) is 11.0. The Hall–Kier alpha value is -1.56. The van der Waals surface area contributed by atoms with Crippen molar-refractivity contribution in [2.75, 3.05) is 20.2 Å². The van der Waals surface area contributed by atoms with Crippen LogP contribution in [0.15, 0.2) is 0 Å². The van der Waals surface area contributed by atoms with Gasteiger partial charge in [-0.05, 0) is 52.0 Å². The van der Waals surface area contributed by atoms with Crippen molar-refractivity contribution in [2.24, 2.45) is 13.0 Å². The van der Waals surface area contributed by atoms with Gasteiger partial charge in [-0.3, -0.25) is 9.69 Å². The molecule has 2 atom stereocenters. The van der Waals surface area contributed by atoms with E-state index in [4.69, 9.17) is 4.74 Å². The van der Waals surface area contributed by atoms with E-state index in [2.05, 4.69) is 22.2 Å². The fourth-order valence-electron chi connectivity index (χ4n) is 3.82. The van der Waals surface area contributed by atoms with Crippen LogP contribution >= 0.6 is 0 Å². The van der Waals surface area contributed by atoms with Gasteiger partial charge in [-0.1, -0.05) is 0 Å². The van der Waals surface area contributed by atoms with Crippen molar-refractivity contribution >= 4 is 5.91 Å². The topological polar surface area (TPSA) is 59.4 Å². The summed E-state index contributed by atoms with van der Waals surface area (Å²) in [5.41, 5.74) is 2.13. The van der Waals surface area contributed by atoms with Crippen LogP contribution in [0.25, 0.3) is 0 Å². The third-order valence-corrected chi connectivity index (χ3v) is 5.17. The molecule has 1 amide bonds. The molecule has 3 rings (SSSR count). The molecule has 2 aliphatic rings. The first-order valence-corrected chi connectivity index (χ1v) is 8.62. The average Bonchev–Trinajstić information content (AvgIpc) is 3.19. The van der Waals surface area contributed by atoms with Crippen molar-refractivity contribution in [3.05, 3.63) is 11.3 Å². The number of hydrogen-bond donors (Lipinski definition) is 1. The second kappa shape index (κ2) is 6.51. The summed E-state index contributed by atoms with van der Waals surface area (Å²) in [6.45, 7) is 5.54. The minimum Gasteiger partial charge on any atom is -0.481 e. The lowest BCUT2D eigenvalue weighted by Crippen LogP contribution is -2.41. The maximum atomic E-state index is 12.4. The summed E-state index contributed by atoms with van der Waals surface area (Å²) in [5.74, 6) is 1.64. The Morgan fingerprint density at radius 1 is 1.43 bits per heavy atom. The third-order valence-electron chi connectivity index (χ3n) is 5.17. The molecule has 1 aliphatic heterocycles. The van der Waals surface area contributed by atoms with Gasteiger partial charge in [0.1, 0.15) is 0 Å². The van der Waals surface area contributed by atoms with Crippen LogP contribution in [0.1, 0.15) is 49.9 Å². The van der Waals surface area contributed by atoms with E-state index in [0.717, 1.165) is 36.5 Å². The third kappa shape index (κ3) is 3.37. The standard InChI is InChI=1S/C17H28N4O2/c1-11(13-7-8-13)18-15(22)10-21-9-5-6-14(21)16-12(2)19-20(3)17(16)23-4/h11,13-14H,5-10H2,1-4H3,(H,18,22). The molecule has 1 saturated heterocycles. The van der Waals surface area contributed by atoms with Crippen LogP contribution < -0.4 is 10.1 Å². The van der Waals surface area contributed by atoms with Gasteiger partial charge >= 0.3 is 0 Å². The van der Waals surface area contributed by atoms with Crippen LogP contribution in [0, 0.1) is 12.8 Å². The Balaban J connectivity index is 1.69. The monoisotopic (exact) mass is 320 g/mol. The number of ether oxygens (including phenoxy) is 1. The van der Waals surface area contributed by atoms with Crippen LogP contribution in [-0.2, 0) is 11.8 Å². The number of rotatable bonds is 6. The minimum atomic E-state index is 0.136. The molecule has 0 spiro atoms. The molecule has 2 fully saturated rings. The maximum Gasteiger partial charge on any atom is 0.234 e. The van der Waals surface area contributed by atoms with Gasteiger partial charge < -0.3 is 10.1 Å². The summed E-state index contributed by atoms with van der Waals surface area (Å²) in [7, 11) is 3.59. The summed E-state index contributed by atoms with van der Waals surface area (Å²) in [5, 5.41) is 7.64. The normalized spacial score (nSPS) is 23.0. The summed E-state index contributed by atoms with van der Waals surface area (Å²) in [6.07, 6.45) is 4.65. The van der Waals surface area contributed by atoms with Crippen molar-refractivity contribution in [3.63, 3.8) is 0 Å². The van der Waals surface area contributed by atoms with E-state index in [9.17, 15) is 4.79 Å². The van der Waals surface area contributed by atoms with Crippen LogP contribution in [0.4, 0.5) is 0 Å². The highest BCUT2D eigenvalue weighted by Crippen LogP contribution is 2.38. The molecule has 1 aliphatic carbocycles. The first-order valence-electron chi connectivity index (χ1n) is 8.62. The quantitative estimate of drug-likeness (QED) is 0.868. The number of carbonyl (C=O) groups is 1. The Labute approximate surface area is 138 Å². The predicted molar refractivity (Wildman–Crippen MR) is 88.4 cm³/mol. The summed E-state index contributed by atoms with van der Waals surface area (Å²) in [6, 6.07) is 0.527. The van der Waals surface area contributed by atoms with Gasteiger partial charge in [-0.2, -0.15) is 5.10 Å². The molecule has 1 saturated carbocycles. The molecule has 1 aromatic heterocycles. The van der Waals surface area contributed by atoms with E-state index in [1.54, 1.807) is 11.8 Å². The van der Waals surface area contributed by atoms with Crippen molar-refractivity contribution in [3.8, 4) is 5.88 Å². The number of aryl methyl sites for hydroxylation is 2. The van der Waals surface area contributed by atoms with Gasteiger partial charge in [0.15, 0.2) is 0 Å². The highest BCUT2D eigenvalue weighted by Gasteiger charge is 2.34. The summed E-state index contributed by atoms with van der Waals surface area (Å²) >= 11 is 0. The Bertz CT molecular complexity index is 579. The highest BCUT2D eigenvalue weighted by molar-refractivity contribution is 5.78. The smallest absolute Gasteiger partial charge is 0.234 e. The van der Waals surface area contributed by atoms with E-state index in [1.807, 2.05) is 14.0 Å². The van der Waals surface area contributed by atoms with Crippen molar-refractivity contribution in [2.45, 2.75) is 51.6 Å². The van der Waals surface area contributed by atoms with E-state index >= 15 is 0 Å². The second-order valence-corrected chi connectivity index (χ2v) is 6.95. The molecule has 23 heavy (non-hydrogen) atoms. The van der Waals surface area contributed by atoms with Gasteiger partial charge in [0.05, 0.1) is 24.9 Å². The van der Waals surface area contributed by atoms with Crippen molar-refractivity contribution in [1.29, 1.82) is 0 Å². The number of hydrogen-bond acceptors (Lipinski definition) is 4. The van der Waals surface area contributed by atoms with Crippen molar-refractivity contribution < 1.29 is 9.53 Å². The molecule has 0 aromatic carbocycles. The molecule has 1 aromatic rings. The van der Waals surface area contributed by atoms with Gasteiger partial charge in [0.25, 0.3) is 0 Å². The minimum absolute atomic E-state index is 0.136. The molecular weight excluding hydrogens is 292 g/mol. The molecule has 6 nitrogen and oxygen atoms in total. The van der Waals surface area contributed by atoms with Gasteiger partial charge in [-0.15, -0.1) is 0 Å². The lowest BCUT2D eigenvalue weighted by Gasteiger charge is -2.25. The number of nitrogens with zero attached hydrogens (tertiary/aromatic N) is 3. The number of nitrogens with one attached hydrogen (secondary N) is 1.